The maximum Gasteiger partial charge on any atom is 0.150 e. The van der Waals surface area contributed by atoms with Crippen LogP contribution in [0, 0.1) is 0 Å². The predicted molar refractivity (Wildman–Crippen MR) is 59.1 cm³/mol. The van der Waals surface area contributed by atoms with Crippen molar-refractivity contribution in [3.63, 3.8) is 0 Å². The largest absolute Gasteiger partial charge is 0.372 e. The molecule has 0 spiro atoms. The van der Waals surface area contributed by atoms with E-state index in [1.165, 1.54) is 11.1 Å². The van der Waals surface area contributed by atoms with Crippen molar-refractivity contribution in [2.45, 2.75) is 12.8 Å². The van der Waals surface area contributed by atoms with Gasteiger partial charge in [0.25, 0.3) is 0 Å². The minimum Gasteiger partial charge on any atom is -0.372 e. The van der Waals surface area contributed by atoms with Gasteiger partial charge < -0.3 is 14.8 Å². The Balaban J connectivity index is 2.18. The van der Waals surface area contributed by atoms with Gasteiger partial charge in [0.05, 0.1) is 13.2 Å². The molecule has 1 unspecified atom stereocenters. The number of rotatable bonds is 1. The number of nitrogens with one attached hydrogen (secondary N) is 1. The Morgan fingerprint density at radius 1 is 1.40 bits per heavy atom. The van der Waals surface area contributed by atoms with E-state index in [-0.39, 0.29) is 6.23 Å². The van der Waals surface area contributed by atoms with E-state index in [9.17, 15) is 0 Å². The fourth-order valence-corrected chi connectivity index (χ4v) is 1.53. The van der Waals surface area contributed by atoms with Crippen molar-refractivity contribution >= 4 is 6.08 Å². The molecule has 0 radical (unpaired) electrons. The minimum atomic E-state index is -0.0736. The smallest absolute Gasteiger partial charge is 0.150 e. The average Bonchev–Trinajstić information content (AvgIpc) is 2.38. The van der Waals surface area contributed by atoms with Crippen molar-refractivity contribution in [3.8, 4) is 0 Å². The molecular weight excluding hydrogens is 190 g/mol. The zero-order chi connectivity index (χ0) is 10.5. The van der Waals surface area contributed by atoms with Gasteiger partial charge >= 0.3 is 0 Å². The Labute approximate surface area is 89.7 Å². The Kier molecular flexibility index (Phi) is 3.37. The molecule has 1 aromatic carbocycles. The van der Waals surface area contributed by atoms with Gasteiger partial charge in [0.15, 0.2) is 6.23 Å². The highest BCUT2D eigenvalue weighted by molar-refractivity contribution is 5.53. The lowest BCUT2D eigenvalue weighted by Crippen LogP contribution is -2.30. The summed E-state index contributed by atoms with van der Waals surface area (Å²) in [4.78, 5) is 0. The normalized spacial score (nSPS) is 22.9. The third-order valence-corrected chi connectivity index (χ3v) is 2.41. The molecule has 15 heavy (non-hydrogen) atoms. The van der Waals surface area contributed by atoms with Gasteiger partial charge in [0, 0.05) is 7.11 Å². The van der Waals surface area contributed by atoms with Gasteiger partial charge in [-0.25, -0.2) is 0 Å². The predicted octanol–water partition coefficient (Wildman–Crippen LogP) is 1.75. The highest BCUT2D eigenvalue weighted by Gasteiger charge is 2.07. The van der Waals surface area contributed by atoms with Gasteiger partial charge in [-0.2, -0.15) is 0 Å². The van der Waals surface area contributed by atoms with Crippen LogP contribution in [-0.4, -0.2) is 19.9 Å². The van der Waals surface area contributed by atoms with Gasteiger partial charge in [-0.15, -0.1) is 0 Å². The molecule has 0 bridgehead atoms. The molecule has 80 valence electrons. The summed E-state index contributed by atoms with van der Waals surface area (Å²) in [5.74, 6) is 0. The van der Waals surface area contributed by atoms with E-state index in [2.05, 4.69) is 17.4 Å². The molecule has 0 aliphatic carbocycles. The van der Waals surface area contributed by atoms with Crippen molar-refractivity contribution in [1.82, 2.24) is 5.32 Å². The topological polar surface area (TPSA) is 30.5 Å². The maximum absolute atomic E-state index is 5.56. The molecule has 0 saturated carbocycles. The quantitative estimate of drug-likeness (QED) is 0.757. The summed E-state index contributed by atoms with van der Waals surface area (Å²) in [7, 11) is 1.67. The molecule has 3 heteroatoms. The summed E-state index contributed by atoms with van der Waals surface area (Å²) < 4.78 is 10.8. The SMILES string of the molecule is COC1COCc2ccccc2/C=C\N1. The molecule has 3 nitrogen and oxygen atoms in total. The van der Waals surface area contributed by atoms with Crippen molar-refractivity contribution in [2.75, 3.05) is 13.7 Å². The van der Waals surface area contributed by atoms with Gasteiger partial charge in [0.1, 0.15) is 0 Å². The third-order valence-electron chi connectivity index (χ3n) is 2.41. The van der Waals surface area contributed by atoms with E-state index >= 15 is 0 Å². The summed E-state index contributed by atoms with van der Waals surface area (Å²) in [5.41, 5.74) is 2.38. The van der Waals surface area contributed by atoms with Crippen LogP contribution in [0.2, 0.25) is 0 Å². The number of fused-ring (bicyclic) bond motifs is 1. The maximum atomic E-state index is 5.56. The van der Waals surface area contributed by atoms with Gasteiger partial charge in [-0.1, -0.05) is 24.3 Å². The van der Waals surface area contributed by atoms with E-state index < -0.39 is 0 Å². The first-order chi connectivity index (χ1) is 7.40. The average molecular weight is 205 g/mol. The van der Waals surface area contributed by atoms with Crippen molar-refractivity contribution in [3.05, 3.63) is 41.6 Å². The summed E-state index contributed by atoms with van der Waals surface area (Å²) in [6.45, 7) is 1.18. The third kappa shape index (κ3) is 2.58. The molecule has 0 saturated heterocycles. The molecule has 2 rings (SSSR count). The lowest BCUT2D eigenvalue weighted by molar-refractivity contribution is -0.00786. The molecule has 0 amide bonds. The standard InChI is InChI=1S/C12H15NO2/c1-14-12-9-15-8-11-5-3-2-4-10(11)6-7-13-12/h2-7,12-13H,8-9H2,1H3/b7-6-. The summed E-state index contributed by atoms with van der Waals surface area (Å²) in [5, 5.41) is 3.12. The van der Waals surface area contributed by atoms with Gasteiger partial charge in [0.2, 0.25) is 0 Å². The highest BCUT2D eigenvalue weighted by atomic mass is 16.5. The number of ether oxygens (including phenoxy) is 2. The van der Waals surface area contributed by atoms with Crippen LogP contribution in [0.1, 0.15) is 11.1 Å². The Hall–Kier alpha value is -1.32. The van der Waals surface area contributed by atoms with E-state index in [1.54, 1.807) is 7.11 Å². The molecular formula is C12H15NO2. The molecule has 0 aromatic heterocycles. The first kappa shape index (κ1) is 10.2. The van der Waals surface area contributed by atoms with Crippen molar-refractivity contribution < 1.29 is 9.47 Å². The number of hydrogen-bond acceptors (Lipinski definition) is 3. The van der Waals surface area contributed by atoms with Crippen LogP contribution >= 0.6 is 0 Å². The van der Waals surface area contributed by atoms with Crippen LogP contribution in [-0.2, 0) is 16.1 Å². The molecule has 1 aliphatic rings. The van der Waals surface area contributed by atoms with E-state index in [1.807, 2.05) is 24.4 Å². The van der Waals surface area contributed by atoms with E-state index in [0.717, 1.165) is 0 Å². The van der Waals surface area contributed by atoms with Crippen molar-refractivity contribution in [2.24, 2.45) is 0 Å². The second-order valence-electron chi connectivity index (χ2n) is 3.44. The van der Waals surface area contributed by atoms with Crippen LogP contribution in [0.4, 0.5) is 0 Å². The molecule has 0 fully saturated rings. The molecule has 1 heterocycles. The fourth-order valence-electron chi connectivity index (χ4n) is 1.53. The first-order valence-corrected chi connectivity index (χ1v) is 5.01. The second-order valence-corrected chi connectivity index (χ2v) is 3.44. The lowest BCUT2D eigenvalue weighted by Gasteiger charge is -2.14. The molecule has 1 atom stereocenters. The van der Waals surface area contributed by atoms with Crippen molar-refractivity contribution in [1.29, 1.82) is 0 Å². The van der Waals surface area contributed by atoms with Crippen LogP contribution in [0.3, 0.4) is 0 Å². The summed E-state index contributed by atoms with van der Waals surface area (Å²) in [6.07, 6.45) is 3.87. The number of benzene rings is 1. The fraction of sp³-hybridized carbons (Fsp3) is 0.333. The zero-order valence-corrected chi connectivity index (χ0v) is 8.77. The monoisotopic (exact) mass is 205 g/mol. The summed E-state index contributed by atoms with van der Waals surface area (Å²) in [6, 6.07) is 8.20. The zero-order valence-electron chi connectivity index (χ0n) is 8.77. The van der Waals surface area contributed by atoms with Crippen LogP contribution in [0.5, 0.6) is 0 Å². The van der Waals surface area contributed by atoms with Gasteiger partial charge in [-0.05, 0) is 23.4 Å². The van der Waals surface area contributed by atoms with E-state index in [0.29, 0.717) is 13.2 Å². The Bertz CT molecular complexity index is 349. The molecule has 1 aromatic rings. The number of methoxy groups -OCH3 is 1. The van der Waals surface area contributed by atoms with Crippen LogP contribution in [0.25, 0.3) is 6.08 Å². The Morgan fingerprint density at radius 2 is 2.27 bits per heavy atom. The summed E-state index contributed by atoms with van der Waals surface area (Å²) >= 11 is 0. The number of hydrogen-bond donors (Lipinski definition) is 1. The van der Waals surface area contributed by atoms with E-state index in [4.69, 9.17) is 9.47 Å². The minimum absolute atomic E-state index is 0.0736. The van der Waals surface area contributed by atoms with Crippen LogP contribution < -0.4 is 5.32 Å². The van der Waals surface area contributed by atoms with Gasteiger partial charge in [-0.3, -0.25) is 0 Å². The Morgan fingerprint density at radius 3 is 3.13 bits per heavy atom. The molecule has 1 N–H and O–H groups in total. The first-order valence-electron chi connectivity index (χ1n) is 5.01. The van der Waals surface area contributed by atoms with Crippen LogP contribution in [0.15, 0.2) is 30.5 Å². The second kappa shape index (κ2) is 4.96. The highest BCUT2D eigenvalue weighted by Crippen LogP contribution is 2.13. The molecule has 1 aliphatic heterocycles. The lowest BCUT2D eigenvalue weighted by atomic mass is 10.1.